The fourth-order valence-electron chi connectivity index (χ4n) is 2.92. The molecule has 24 heavy (non-hydrogen) atoms. The highest BCUT2D eigenvalue weighted by atomic mass is 16.5. The summed E-state index contributed by atoms with van der Waals surface area (Å²) in [6.45, 7) is 5.59. The summed E-state index contributed by atoms with van der Waals surface area (Å²) in [4.78, 5) is 14.3. The summed E-state index contributed by atoms with van der Waals surface area (Å²) in [5.41, 5.74) is 3.93. The van der Waals surface area contributed by atoms with Crippen LogP contribution >= 0.6 is 0 Å². The zero-order valence-corrected chi connectivity index (χ0v) is 14.0. The standard InChI is InChI=1S/C19H22N2O3/c1-3-24-18-10-13(2)4-7-17(18)20-19(23)21-9-8-14-5-6-16(22)11-15(14)12-21/h4-7,10-11,22H,3,8-9,12H2,1-2H3,(H,20,23). The van der Waals surface area contributed by atoms with Gasteiger partial charge in [-0.3, -0.25) is 0 Å². The van der Waals surface area contributed by atoms with E-state index in [1.807, 2.05) is 38.1 Å². The minimum absolute atomic E-state index is 0.159. The van der Waals surface area contributed by atoms with Gasteiger partial charge in [0.15, 0.2) is 0 Å². The second-order valence-electron chi connectivity index (χ2n) is 5.99. The number of hydrogen-bond acceptors (Lipinski definition) is 3. The summed E-state index contributed by atoms with van der Waals surface area (Å²) in [7, 11) is 0. The minimum atomic E-state index is -0.159. The maximum Gasteiger partial charge on any atom is 0.322 e. The lowest BCUT2D eigenvalue weighted by atomic mass is 10.00. The third kappa shape index (κ3) is 3.45. The van der Waals surface area contributed by atoms with Gasteiger partial charge in [0.25, 0.3) is 0 Å². The molecule has 0 unspecified atom stereocenters. The number of nitrogens with zero attached hydrogens (tertiary/aromatic N) is 1. The third-order valence-electron chi connectivity index (χ3n) is 4.17. The first-order valence-corrected chi connectivity index (χ1v) is 8.17. The SMILES string of the molecule is CCOc1cc(C)ccc1NC(=O)N1CCc2ccc(O)cc2C1. The lowest BCUT2D eigenvalue weighted by Crippen LogP contribution is -2.38. The van der Waals surface area contributed by atoms with E-state index < -0.39 is 0 Å². The Labute approximate surface area is 141 Å². The molecular weight excluding hydrogens is 304 g/mol. The number of ether oxygens (including phenoxy) is 1. The maximum absolute atomic E-state index is 12.6. The van der Waals surface area contributed by atoms with Crippen LogP contribution in [0.15, 0.2) is 36.4 Å². The molecule has 0 saturated heterocycles. The Morgan fingerprint density at radius 3 is 2.88 bits per heavy atom. The van der Waals surface area contributed by atoms with Crippen molar-refractivity contribution in [2.45, 2.75) is 26.8 Å². The van der Waals surface area contributed by atoms with Crippen LogP contribution in [0.2, 0.25) is 0 Å². The molecule has 1 aliphatic heterocycles. The largest absolute Gasteiger partial charge is 0.508 e. The van der Waals surface area contributed by atoms with E-state index in [9.17, 15) is 9.90 Å². The third-order valence-corrected chi connectivity index (χ3v) is 4.17. The van der Waals surface area contributed by atoms with Crippen molar-refractivity contribution < 1.29 is 14.6 Å². The molecule has 5 heteroatoms. The van der Waals surface area contributed by atoms with Crippen LogP contribution in [-0.2, 0) is 13.0 Å². The molecule has 0 saturated carbocycles. The molecule has 0 aliphatic carbocycles. The summed E-state index contributed by atoms with van der Waals surface area (Å²) in [6.07, 6.45) is 0.787. The molecule has 0 fully saturated rings. The van der Waals surface area contributed by atoms with Crippen LogP contribution in [0, 0.1) is 6.92 Å². The number of carbonyl (C=O) groups is 1. The van der Waals surface area contributed by atoms with Crippen molar-refractivity contribution in [2.75, 3.05) is 18.5 Å². The Hall–Kier alpha value is -2.69. The normalized spacial score (nSPS) is 13.3. The van der Waals surface area contributed by atoms with Gasteiger partial charge in [0.05, 0.1) is 12.3 Å². The van der Waals surface area contributed by atoms with Gasteiger partial charge in [-0.1, -0.05) is 12.1 Å². The number of anilines is 1. The molecule has 2 aromatic rings. The lowest BCUT2D eigenvalue weighted by Gasteiger charge is -2.29. The van der Waals surface area contributed by atoms with Crippen molar-refractivity contribution >= 4 is 11.7 Å². The van der Waals surface area contributed by atoms with E-state index in [1.54, 1.807) is 17.0 Å². The number of phenols is 1. The van der Waals surface area contributed by atoms with Gasteiger partial charge in [-0.25, -0.2) is 4.79 Å². The maximum atomic E-state index is 12.6. The van der Waals surface area contributed by atoms with Crippen LogP contribution in [0.1, 0.15) is 23.6 Å². The van der Waals surface area contributed by atoms with Gasteiger partial charge in [-0.2, -0.15) is 0 Å². The van der Waals surface area contributed by atoms with Gasteiger partial charge in [-0.05, 0) is 61.2 Å². The van der Waals surface area contributed by atoms with E-state index in [2.05, 4.69) is 5.32 Å². The monoisotopic (exact) mass is 326 g/mol. The van der Waals surface area contributed by atoms with Crippen molar-refractivity contribution in [3.63, 3.8) is 0 Å². The van der Waals surface area contributed by atoms with Crippen molar-refractivity contribution in [1.82, 2.24) is 4.90 Å². The summed E-state index contributed by atoms with van der Waals surface area (Å²) >= 11 is 0. The van der Waals surface area contributed by atoms with Crippen molar-refractivity contribution in [3.05, 3.63) is 53.1 Å². The predicted octanol–water partition coefficient (Wildman–Crippen LogP) is 3.69. The van der Waals surface area contributed by atoms with Gasteiger partial charge in [0.1, 0.15) is 11.5 Å². The van der Waals surface area contributed by atoms with Crippen LogP contribution in [-0.4, -0.2) is 29.2 Å². The van der Waals surface area contributed by atoms with Crippen molar-refractivity contribution in [3.8, 4) is 11.5 Å². The average Bonchev–Trinajstić information content (AvgIpc) is 2.56. The lowest BCUT2D eigenvalue weighted by molar-refractivity contribution is 0.206. The number of rotatable bonds is 3. The second kappa shape index (κ2) is 6.83. The highest BCUT2D eigenvalue weighted by molar-refractivity contribution is 5.91. The van der Waals surface area contributed by atoms with Gasteiger partial charge in [0, 0.05) is 13.1 Å². The number of fused-ring (bicyclic) bond motifs is 1. The molecule has 0 atom stereocenters. The quantitative estimate of drug-likeness (QED) is 0.904. The molecule has 0 radical (unpaired) electrons. The first kappa shape index (κ1) is 16.2. The Morgan fingerprint density at radius 2 is 2.08 bits per heavy atom. The molecule has 0 aromatic heterocycles. The predicted molar refractivity (Wildman–Crippen MR) is 93.6 cm³/mol. The molecule has 2 aromatic carbocycles. The van der Waals surface area contributed by atoms with Gasteiger partial charge in [-0.15, -0.1) is 0 Å². The number of phenolic OH excluding ortho intramolecular Hbond substituents is 1. The molecule has 2 amide bonds. The molecule has 1 aliphatic rings. The Balaban J connectivity index is 1.74. The number of carbonyl (C=O) groups excluding carboxylic acids is 1. The Morgan fingerprint density at radius 1 is 1.25 bits per heavy atom. The zero-order chi connectivity index (χ0) is 17.1. The number of amides is 2. The zero-order valence-electron chi connectivity index (χ0n) is 14.0. The Kier molecular flexibility index (Phi) is 4.60. The number of hydrogen-bond donors (Lipinski definition) is 2. The molecule has 0 bridgehead atoms. The molecule has 0 spiro atoms. The number of nitrogens with one attached hydrogen (secondary N) is 1. The minimum Gasteiger partial charge on any atom is -0.508 e. The fraction of sp³-hybridized carbons (Fsp3) is 0.316. The number of urea groups is 1. The second-order valence-corrected chi connectivity index (χ2v) is 5.99. The highest BCUT2D eigenvalue weighted by Crippen LogP contribution is 2.27. The van der Waals surface area contributed by atoms with Gasteiger partial charge in [0.2, 0.25) is 0 Å². The smallest absolute Gasteiger partial charge is 0.322 e. The molecule has 126 valence electrons. The molecule has 1 heterocycles. The van der Waals surface area contributed by atoms with E-state index in [0.717, 1.165) is 17.5 Å². The number of aryl methyl sites for hydroxylation is 1. The van der Waals surface area contributed by atoms with Gasteiger partial charge >= 0.3 is 6.03 Å². The molecular formula is C19H22N2O3. The molecule has 2 N–H and O–H groups in total. The number of aromatic hydroxyl groups is 1. The Bertz CT molecular complexity index is 758. The first-order valence-electron chi connectivity index (χ1n) is 8.17. The van der Waals surface area contributed by atoms with Crippen LogP contribution < -0.4 is 10.1 Å². The van der Waals surface area contributed by atoms with E-state index in [0.29, 0.717) is 31.1 Å². The highest BCUT2D eigenvalue weighted by Gasteiger charge is 2.21. The summed E-state index contributed by atoms with van der Waals surface area (Å²) < 4.78 is 5.61. The molecule has 5 nitrogen and oxygen atoms in total. The van der Waals surface area contributed by atoms with Crippen molar-refractivity contribution in [2.24, 2.45) is 0 Å². The summed E-state index contributed by atoms with van der Waals surface area (Å²) in [6, 6.07) is 10.9. The van der Waals surface area contributed by atoms with E-state index in [4.69, 9.17) is 4.74 Å². The van der Waals surface area contributed by atoms with Crippen LogP contribution in [0.25, 0.3) is 0 Å². The van der Waals surface area contributed by atoms with E-state index in [1.165, 1.54) is 5.56 Å². The van der Waals surface area contributed by atoms with Crippen LogP contribution in [0.3, 0.4) is 0 Å². The number of benzene rings is 2. The van der Waals surface area contributed by atoms with E-state index in [-0.39, 0.29) is 11.8 Å². The van der Waals surface area contributed by atoms with E-state index >= 15 is 0 Å². The van der Waals surface area contributed by atoms with Crippen molar-refractivity contribution in [1.29, 1.82) is 0 Å². The first-order chi connectivity index (χ1) is 11.6. The van der Waals surface area contributed by atoms with Crippen LogP contribution in [0.4, 0.5) is 10.5 Å². The topological polar surface area (TPSA) is 61.8 Å². The average molecular weight is 326 g/mol. The fourth-order valence-corrected chi connectivity index (χ4v) is 2.92. The van der Waals surface area contributed by atoms with Crippen LogP contribution in [0.5, 0.6) is 11.5 Å². The molecule has 3 rings (SSSR count). The summed E-state index contributed by atoms with van der Waals surface area (Å²) in [5.74, 6) is 0.911. The van der Waals surface area contributed by atoms with Gasteiger partial charge < -0.3 is 20.1 Å². The summed E-state index contributed by atoms with van der Waals surface area (Å²) in [5, 5.41) is 12.6.